The van der Waals surface area contributed by atoms with Gasteiger partial charge in [0.15, 0.2) is 0 Å². The van der Waals surface area contributed by atoms with Gasteiger partial charge in [0.25, 0.3) is 0 Å². The number of thiazole rings is 1. The molecule has 3 aromatic rings. The van der Waals surface area contributed by atoms with Crippen LogP contribution in [0.15, 0.2) is 60.2 Å². The number of carbonyl (C=O) groups excluding carboxylic acids is 2. The van der Waals surface area contributed by atoms with Gasteiger partial charge in [0, 0.05) is 29.0 Å². The van der Waals surface area contributed by atoms with Crippen LogP contribution in [0.4, 0.5) is 4.79 Å². The number of hydrogen-bond acceptors (Lipinski definition) is 6. The highest BCUT2D eigenvalue weighted by atomic mass is 32.1. The molecule has 1 heterocycles. The standard InChI is InChI=1S/C26H27N3O5S/c1-26(2,12-23(30)31)29-24(32)22(11-16-13-27-15-35-16)28-25(33)34-14-21-19-9-5-3-7-17(19)18-8-4-6-10-20(18)21/h3-10,13,15,21-22H,11-12,14H2,1-2H3,(H,28,33)(H,29,32)(H,30,31). The Hall–Kier alpha value is -3.72. The van der Waals surface area contributed by atoms with Crippen molar-refractivity contribution in [3.05, 3.63) is 76.2 Å². The summed E-state index contributed by atoms with van der Waals surface area (Å²) in [6.07, 6.45) is 0.876. The van der Waals surface area contributed by atoms with E-state index in [2.05, 4.69) is 27.8 Å². The number of carboxylic acids is 1. The van der Waals surface area contributed by atoms with Gasteiger partial charge in [-0.25, -0.2) is 4.79 Å². The summed E-state index contributed by atoms with van der Waals surface area (Å²) >= 11 is 1.37. The van der Waals surface area contributed by atoms with Gasteiger partial charge in [-0.1, -0.05) is 48.5 Å². The Balaban J connectivity index is 1.44. The SMILES string of the molecule is CC(C)(CC(=O)O)NC(=O)C(Cc1cncs1)NC(=O)OCC1c2ccccc2-c2ccccc21. The molecule has 1 atom stereocenters. The van der Waals surface area contributed by atoms with E-state index in [1.807, 2.05) is 36.4 Å². The molecule has 4 rings (SSSR count). The maximum absolute atomic E-state index is 13.0. The number of amides is 2. The quantitative estimate of drug-likeness (QED) is 0.415. The van der Waals surface area contributed by atoms with Crippen molar-refractivity contribution in [3.63, 3.8) is 0 Å². The van der Waals surface area contributed by atoms with Crippen LogP contribution in [0.3, 0.4) is 0 Å². The average Bonchev–Trinajstić information content (AvgIpc) is 3.42. The van der Waals surface area contributed by atoms with Gasteiger partial charge in [-0.2, -0.15) is 0 Å². The first kappa shape index (κ1) is 24.4. The van der Waals surface area contributed by atoms with E-state index in [0.717, 1.165) is 27.1 Å². The number of hydrogen-bond donors (Lipinski definition) is 3. The van der Waals surface area contributed by atoms with Crippen molar-refractivity contribution in [2.45, 2.75) is 44.2 Å². The lowest BCUT2D eigenvalue weighted by Crippen LogP contribution is -2.54. The number of alkyl carbamates (subject to hydrolysis) is 1. The maximum atomic E-state index is 13.0. The van der Waals surface area contributed by atoms with Gasteiger partial charge in [-0.15, -0.1) is 11.3 Å². The second-order valence-corrected chi connectivity index (χ2v) is 10.1. The number of aliphatic carboxylic acids is 1. The fourth-order valence-corrected chi connectivity index (χ4v) is 5.02. The zero-order chi connectivity index (χ0) is 25.0. The molecule has 2 amide bonds. The zero-order valence-electron chi connectivity index (χ0n) is 19.5. The first-order valence-electron chi connectivity index (χ1n) is 11.3. The molecule has 1 aromatic heterocycles. The van der Waals surface area contributed by atoms with Crippen LogP contribution >= 0.6 is 11.3 Å². The third kappa shape index (κ3) is 5.86. The Bertz CT molecular complexity index is 1180. The molecule has 1 aliphatic rings. The minimum absolute atomic E-state index is 0.101. The van der Waals surface area contributed by atoms with E-state index in [4.69, 9.17) is 9.84 Å². The molecule has 8 nitrogen and oxygen atoms in total. The highest BCUT2D eigenvalue weighted by Crippen LogP contribution is 2.44. The molecule has 0 spiro atoms. The molecule has 0 fully saturated rings. The minimum atomic E-state index is -1.03. The topological polar surface area (TPSA) is 118 Å². The molecule has 0 aliphatic heterocycles. The summed E-state index contributed by atoms with van der Waals surface area (Å²) in [6, 6.07) is 15.1. The summed E-state index contributed by atoms with van der Waals surface area (Å²) in [6.45, 7) is 3.37. The highest BCUT2D eigenvalue weighted by Gasteiger charge is 2.32. The Kier molecular flexibility index (Phi) is 7.16. The second-order valence-electron chi connectivity index (χ2n) is 9.14. The number of nitrogens with zero attached hydrogens (tertiary/aromatic N) is 1. The molecule has 182 valence electrons. The van der Waals surface area contributed by atoms with Crippen LogP contribution in [0.2, 0.25) is 0 Å². The average molecular weight is 494 g/mol. The van der Waals surface area contributed by atoms with Crippen LogP contribution in [0, 0.1) is 0 Å². The Morgan fingerprint density at radius 1 is 1.09 bits per heavy atom. The lowest BCUT2D eigenvalue weighted by molar-refractivity contribution is -0.138. The van der Waals surface area contributed by atoms with E-state index in [1.165, 1.54) is 11.3 Å². The van der Waals surface area contributed by atoms with Gasteiger partial charge in [0.05, 0.1) is 11.9 Å². The number of rotatable bonds is 9. The van der Waals surface area contributed by atoms with Crippen LogP contribution < -0.4 is 10.6 Å². The van der Waals surface area contributed by atoms with E-state index >= 15 is 0 Å². The monoisotopic (exact) mass is 493 g/mol. The molecule has 1 unspecified atom stereocenters. The van der Waals surface area contributed by atoms with E-state index in [1.54, 1.807) is 25.6 Å². The molecule has 0 radical (unpaired) electrons. The third-order valence-corrected chi connectivity index (χ3v) is 6.70. The van der Waals surface area contributed by atoms with Crippen molar-refractivity contribution >= 4 is 29.3 Å². The molecular formula is C26H27N3O5S. The van der Waals surface area contributed by atoms with E-state index in [9.17, 15) is 14.4 Å². The predicted octanol–water partition coefficient (Wildman–Crippen LogP) is 3.96. The summed E-state index contributed by atoms with van der Waals surface area (Å²) in [5, 5.41) is 14.5. The Morgan fingerprint density at radius 3 is 2.29 bits per heavy atom. The number of ether oxygens (including phenoxy) is 1. The molecular weight excluding hydrogens is 466 g/mol. The van der Waals surface area contributed by atoms with Crippen molar-refractivity contribution in [2.75, 3.05) is 6.61 Å². The van der Waals surface area contributed by atoms with Crippen molar-refractivity contribution < 1.29 is 24.2 Å². The van der Waals surface area contributed by atoms with E-state index in [0.29, 0.717) is 0 Å². The van der Waals surface area contributed by atoms with Crippen molar-refractivity contribution in [1.29, 1.82) is 0 Å². The van der Waals surface area contributed by atoms with Crippen LogP contribution in [-0.4, -0.2) is 46.2 Å². The van der Waals surface area contributed by atoms with E-state index < -0.39 is 29.6 Å². The second kappa shape index (κ2) is 10.3. The zero-order valence-corrected chi connectivity index (χ0v) is 20.3. The largest absolute Gasteiger partial charge is 0.481 e. The van der Waals surface area contributed by atoms with Gasteiger partial charge in [0.2, 0.25) is 5.91 Å². The lowest BCUT2D eigenvalue weighted by atomic mass is 9.98. The first-order chi connectivity index (χ1) is 16.7. The molecule has 0 bridgehead atoms. The van der Waals surface area contributed by atoms with Crippen LogP contribution in [0.1, 0.15) is 42.2 Å². The minimum Gasteiger partial charge on any atom is -0.481 e. The van der Waals surface area contributed by atoms with Gasteiger partial charge in [-0.3, -0.25) is 14.6 Å². The number of carbonyl (C=O) groups is 3. The summed E-state index contributed by atoms with van der Waals surface area (Å²) in [7, 11) is 0. The molecule has 35 heavy (non-hydrogen) atoms. The van der Waals surface area contributed by atoms with Crippen LogP contribution in [0.25, 0.3) is 11.1 Å². The van der Waals surface area contributed by atoms with Crippen molar-refractivity contribution in [1.82, 2.24) is 15.6 Å². The van der Waals surface area contributed by atoms with E-state index in [-0.39, 0.29) is 25.4 Å². The molecule has 9 heteroatoms. The van der Waals surface area contributed by atoms with Crippen LogP contribution in [0.5, 0.6) is 0 Å². The Labute approximate surface area is 207 Å². The number of carboxylic acid groups (broad SMARTS) is 1. The molecule has 1 aliphatic carbocycles. The Morgan fingerprint density at radius 2 is 1.71 bits per heavy atom. The lowest BCUT2D eigenvalue weighted by Gasteiger charge is -2.27. The molecule has 0 saturated heterocycles. The smallest absolute Gasteiger partial charge is 0.407 e. The third-order valence-electron chi connectivity index (χ3n) is 5.90. The summed E-state index contributed by atoms with van der Waals surface area (Å²) < 4.78 is 5.60. The molecule has 0 saturated carbocycles. The highest BCUT2D eigenvalue weighted by molar-refractivity contribution is 7.09. The number of nitrogens with one attached hydrogen (secondary N) is 2. The normalized spacial score (nSPS) is 13.4. The van der Waals surface area contributed by atoms with Crippen LogP contribution in [-0.2, 0) is 20.7 Å². The maximum Gasteiger partial charge on any atom is 0.407 e. The molecule has 2 aromatic carbocycles. The fraction of sp³-hybridized carbons (Fsp3) is 0.308. The number of aromatic nitrogens is 1. The summed E-state index contributed by atoms with van der Waals surface area (Å²) in [4.78, 5) is 41.8. The van der Waals surface area contributed by atoms with Crippen molar-refractivity contribution in [3.8, 4) is 11.1 Å². The van der Waals surface area contributed by atoms with Gasteiger partial charge < -0.3 is 20.5 Å². The van der Waals surface area contributed by atoms with Gasteiger partial charge in [-0.05, 0) is 36.1 Å². The number of benzene rings is 2. The van der Waals surface area contributed by atoms with Gasteiger partial charge >= 0.3 is 12.1 Å². The first-order valence-corrected chi connectivity index (χ1v) is 12.1. The summed E-state index contributed by atoms with van der Waals surface area (Å²) in [5.41, 5.74) is 5.09. The summed E-state index contributed by atoms with van der Waals surface area (Å²) in [5.74, 6) is -1.62. The van der Waals surface area contributed by atoms with Gasteiger partial charge in [0.1, 0.15) is 12.6 Å². The fourth-order valence-electron chi connectivity index (χ4n) is 4.38. The molecule has 3 N–H and O–H groups in total. The predicted molar refractivity (Wildman–Crippen MR) is 132 cm³/mol. The number of fused-ring (bicyclic) bond motifs is 3. The van der Waals surface area contributed by atoms with Crippen molar-refractivity contribution in [2.24, 2.45) is 0 Å².